The first-order chi connectivity index (χ1) is 6.39. The molecule has 1 unspecified atom stereocenters. The largest absolute Gasteiger partial charge is 0.229 e. The topological polar surface area (TPSA) is 34.1 Å². The number of alkyl halides is 1. The van der Waals surface area contributed by atoms with Crippen LogP contribution < -0.4 is 0 Å². The van der Waals surface area contributed by atoms with E-state index in [0.717, 1.165) is 6.42 Å². The van der Waals surface area contributed by atoms with Gasteiger partial charge in [-0.25, -0.2) is 8.42 Å². The van der Waals surface area contributed by atoms with E-state index < -0.39 is 9.84 Å². The van der Waals surface area contributed by atoms with Crippen LogP contribution in [0, 0.1) is 5.92 Å². The van der Waals surface area contributed by atoms with E-state index in [9.17, 15) is 8.42 Å². The zero-order chi connectivity index (χ0) is 11.2. The van der Waals surface area contributed by atoms with Crippen LogP contribution in [0.15, 0.2) is 0 Å². The number of sulfone groups is 1. The maximum absolute atomic E-state index is 11.3. The molecule has 0 aliphatic rings. The molecule has 0 saturated heterocycles. The molecule has 0 N–H and O–H groups in total. The summed E-state index contributed by atoms with van der Waals surface area (Å²) in [5, 5.41) is 0.104. The van der Waals surface area contributed by atoms with E-state index in [1.54, 1.807) is 0 Å². The van der Waals surface area contributed by atoms with Gasteiger partial charge in [0.2, 0.25) is 0 Å². The predicted octanol–water partition coefficient (Wildman–Crippen LogP) is 2.85. The third-order valence-electron chi connectivity index (χ3n) is 2.17. The van der Waals surface area contributed by atoms with Crippen LogP contribution >= 0.6 is 11.6 Å². The van der Waals surface area contributed by atoms with Crippen LogP contribution in [0.2, 0.25) is 0 Å². The van der Waals surface area contributed by atoms with E-state index in [1.165, 1.54) is 0 Å². The number of halogens is 1. The van der Waals surface area contributed by atoms with Crippen LogP contribution in [0.25, 0.3) is 0 Å². The van der Waals surface area contributed by atoms with Gasteiger partial charge in [-0.1, -0.05) is 20.8 Å². The van der Waals surface area contributed by atoms with E-state index in [0.29, 0.717) is 24.5 Å². The summed E-state index contributed by atoms with van der Waals surface area (Å²) >= 11 is 6.03. The molecule has 0 amide bonds. The van der Waals surface area contributed by atoms with Crippen molar-refractivity contribution in [1.29, 1.82) is 0 Å². The molecule has 4 heteroatoms. The smallest absolute Gasteiger partial charge is 0.150 e. The van der Waals surface area contributed by atoms with Gasteiger partial charge in [0.15, 0.2) is 0 Å². The van der Waals surface area contributed by atoms with Gasteiger partial charge >= 0.3 is 0 Å². The molecule has 0 aliphatic heterocycles. The van der Waals surface area contributed by atoms with Crippen molar-refractivity contribution in [3.8, 4) is 0 Å². The average Bonchev–Trinajstić information content (AvgIpc) is 2.03. The van der Waals surface area contributed by atoms with Gasteiger partial charge in [-0.05, 0) is 25.2 Å². The highest BCUT2D eigenvalue weighted by atomic mass is 35.5. The fourth-order valence-electron chi connectivity index (χ4n) is 1.24. The van der Waals surface area contributed by atoms with Gasteiger partial charge in [0.05, 0.1) is 5.75 Å². The second-order valence-corrected chi connectivity index (χ2v) is 6.92. The molecule has 0 spiro atoms. The Bertz CT molecular complexity index is 235. The van der Waals surface area contributed by atoms with Crippen molar-refractivity contribution >= 4 is 21.4 Å². The number of hydrogen-bond acceptors (Lipinski definition) is 2. The minimum Gasteiger partial charge on any atom is -0.229 e. The Labute approximate surface area is 93.0 Å². The van der Waals surface area contributed by atoms with Crippen LogP contribution in [0.4, 0.5) is 0 Å². The maximum atomic E-state index is 11.3. The molecule has 2 nitrogen and oxygen atoms in total. The van der Waals surface area contributed by atoms with Crippen molar-refractivity contribution in [2.45, 2.75) is 45.4 Å². The Morgan fingerprint density at radius 2 is 1.79 bits per heavy atom. The first-order valence-corrected chi connectivity index (χ1v) is 7.49. The average molecular weight is 241 g/mol. The Balaban J connectivity index is 3.74. The van der Waals surface area contributed by atoms with E-state index in [-0.39, 0.29) is 11.1 Å². The Morgan fingerprint density at radius 1 is 1.21 bits per heavy atom. The van der Waals surface area contributed by atoms with E-state index in [1.807, 2.05) is 6.92 Å². The molecule has 0 aromatic rings. The van der Waals surface area contributed by atoms with Gasteiger partial charge in [0.25, 0.3) is 0 Å². The van der Waals surface area contributed by atoms with Gasteiger partial charge in [0.1, 0.15) is 9.84 Å². The molecule has 0 fully saturated rings. The molecule has 0 heterocycles. The van der Waals surface area contributed by atoms with E-state index in [4.69, 9.17) is 11.6 Å². The standard InChI is InChI=1S/C10H21ClO2S/c1-4-7-14(12,13)8-5-6-10(11)9(2)3/h9-10H,4-8H2,1-3H3. The van der Waals surface area contributed by atoms with Crippen molar-refractivity contribution in [1.82, 2.24) is 0 Å². The lowest BCUT2D eigenvalue weighted by molar-refractivity contribution is 0.551. The molecule has 0 radical (unpaired) electrons. The first kappa shape index (κ1) is 14.2. The van der Waals surface area contributed by atoms with Crippen LogP contribution in [0.5, 0.6) is 0 Å². The molecule has 14 heavy (non-hydrogen) atoms. The lowest BCUT2D eigenvalue weighted by atomic mass is 10.1. The van der Waals surface area contributed by atoms with Gasteiger partial charge in [-0.15, -0.1) is 11.6 Å². The first-order valence-electron chi connectivity index (χ1n) is 5.23. The molecule has 0 rings (SSSR count). The third-order valence-corrected chi connectivity index (χ3v) is 4.84. The van der Waals surface area contributed by atoms with Gasteiger partial charge in [0, 0.05) is 11.1 Å². The van der Waals surface area contributed by atoms with Crippen molar-refractivity contribution in [3.63, 3.8) is 0 Å². The fraction of sp³-hybridized carbons (Fsp3) is 1.00. The predicted molar refractivity (Wildman–Crippen MR) is 62.7 cm³/mol. The fourth-order valence-corrected chi connectivity index (χ4v) is 2.83. The molecular formula is C10H21ClO2S. The summed E-state index contributed by atoms with van der Waals surface area (Å²) in [4.78, 5) is 0. The minimum absolute atomic E-state index is 0.104. The van der Waals surface area contributed by atoms with Crippen molar-refractivity contribution in [2.75, 3.05) is 11.5 Å². The molecule has 0 aliphatic carbocycles. The summed E-state index contributed by atoms with van der Waals surface area (Å²) in [6.07, 6.45) is 2.19. The van der Waals surface area contributed by atoms with Gasteiger partial charge in [-0.3, -0.25) is 0 Å². The zero-order valence-electron chi connectivity index (χ0n) is 9.29. The third kappa shape index (κ3) is 6.66. The SMILES string of the molecule is CCCS(=O)(=O)CCCC(Cl)C(C)C. The normalized spacial score (nSPS) is 14.6. The summed E-state index contributed by atoms with van der Waals surface area (Å²) in [6, 6.07) is 0. The quantitative estimate of drug-likeness (QED) is 0.642. The second kappa shape index (κ2) is 6.67. The monoisotopic (exact) mass is 240 g/mol. The summed E-state index contributed by atoms with van der Waals surface area (Å²) in [5.41, 5.74) is 0. The molecular weight excluding hydrogens is 220 g/mol. The summed E-state index contributed by atoms with van der Waals surface area (Å²) < 4.78 is 22.7. The van der Waals surface area contributed by atoms with Crippen molar-refractivity contribution in [2.24, 2.45) is 5.92 Å². The number of hydrogen-bond donors (Lipinski definition) is 0. The maximum Gasteiger partial charge on any atom is 0.150 e. The lowest BCUT2D eigenvalue weighted by Crippen LogP contribution is -2.14. The summed E-state index contributed by atoms with van der Waals surface area (Å²) in [5.74, 6) is 1.02. The van der Waals surface area contributed by atoms with Crippen LogP contribution in [0.3, 0.4) is 0 Å². The Hall–Kier alpha value is 0.240. The van der Waals surface area contributed by atoms with Crippen molar-refractivity contribution in [3.05, 3.63) is 0 Å². The lowest BCUT2D eigenvalue weighted by Gasteiger charge is -2.12. The highest BCUT2D eigenvalue weighted by molar-refractivity contribution is 7.91. The zero-order valence-corrected chi connectivity index (χ0v) is 10.9. The Kier molecular flexibility index (Phi) is 6.79. The minimum atomic E-state index is -2.81. The summed E-state index contributed by atoms with van der Waals surface area (Å²) in [6.45, 7) is 5.99. The molecule has 1 atom stereocenters. The van der Waals surface area contributed by atoms with Crippen LogP contribution in [0.1, 0.15) is 40.0 Å². The van der Waals surface area contributed by atoms with Gasteiger partial charge in [-0.2, -0.15) is 0 Å². The van der Waals surface area contributed by atoms with Crippen molar-refractivity contribution < 1.29 is 8.42 Å². The van der Waals surface area contributed by atoms with Crippen LogP contribution in [-0.2, 0) is 9.84 Å². The Morgan fingerprint density at radius 3 is 2.21 bits per heavy atom. The highest BCUT2D eigenvalue weighted by Crippen LogP contribution is 2.15. The van der Waals surface area contributed by atoms with E-state index >= 15 is 0 Å². The highest BCUT2D eigenvalue weighted by Gasteiger charge is 2.13. The molecule has 0 saturated carbocycles. The molecule has 0 aromatic carbocycles. The van der Waals surface area contributed by atoms with Crippen LogP contribution in [-0.4, -0.2) is 25.3 Å². The molecule has 0 aromatic heterocycles. The second-order valence-electron chi connectivity index (χ2n) is 4.05. The molecule has 86 valence electrons. The molecule has 0 bridgehead atoms. The van der Waals surface area contributed by atoms with E-state index in [2.05, 4.69) is 13.8 Å². The van der Waals surface area contributed by atoms with Gasteiger partial charge < -0.3 is 0 Å². The number of rotatable bonds is 7. The summed E-state index contributed by atoms with van der Waals surface area (Å²) in [7, 11) is -2.81.